The maximum Gasteiger partial charge on any atom is 0.0599 e. The van der Waals surface area contributed by atoms with Crippen molar-refractivity contribution in [3.05, 3.63) is 0 Å². The third-order valence-electron chi connectivity index (χ3n) is 8.51. The van der Waals surface area contributed by atoms with Gasteiger partial charge in [-0.15, -0.1) is 0 Å². The molecule has 4 saturated carbocycles. The molecule has 2 unspecified atom stereocenters. The van der Waals surface area contributed by atoms with Crippen LogP contribution in [0.15, 0.2) is 0 Å². The Morgan fingerprint density at radius 2 is 1.57 bits per heavy atom. The van der Waals surface area contributed by atoms with Crippen LogP contribution in [0.1, 0.15) is 71.6 Å². The molecular weight excluding hydrogens is 260 g/mol. The normalized spacial score (nSPS) is 60.0. The summed E-state index contributed by atoms with van der Waals surface area (Å²) >= 11 is 0. The molecule has 0 aromatic carbocycles. The van der Waals surface area contributed by atoms with E-state index in [0.717, 1.165) is 19.3 Å². The number of hydrogen-bond acceptors (Lipinski definition) is 2. The Labute approximate surface area is 129 Å². The molecule has 4 aliphatic carbocycles. The molecule has 2 heteroatoms. The summed E-state index contributed by atoms with van der Waals surface area (Å²) in [7, 11) is 0. The van der Waals surface area contributed by atoms with Crippen molar-refractivity contribution in [1.82, 2.24) is 0 Å². The Morgan fingerprint density at radius 3 is 2.38 bits per heavy atom. The molecule has 0 spiro atoms. The third-order valence-corrected chi connectivity index (χ3v) is 8.51. The summed E-state index contributed by atoms with van der Waals surface area (Å²) in [6.45, 7) is 4.79. The third kappa shape index (κ3) is 1.84. The highest BCUT2D eigenvalue weighted by molar-refractivity contribution is 5.11. The summed E-state index contributed by atoms with van der Waals surface area (Å²) in [6.07, 6.45) is 10.7. The van der Waals surface area contributed by atoms with Crippen LogP contribution >= 0.6 is 0 Å². The minimum Gasteiger partial charge on any atom is -0.393 e. The highest BCUT2D eigenvalue weighted by Crippen LogP contribution is 2.66. The van der Waals surface area contributed by atoms with Gasteiger partial charge in [0.1, 0.15) is 0 Å². The van der Waals surface area contributed by atoms with Gasteiger partial charge in [0.25, 0.3) is 0 Å². The van der Waals surface area contributed by atoms with E-state index in [9.17, 15) is 10.2 Å². The van der Waals surface area contributed by atoms with Gasteiger partial charge in [0.2, 0.25) is 0 Å². The molecule has 4 aliphatic rings. The molecule has 21 heavy (non-hydrogen) atoms. The Morgan fingerprint density at radius 1 is 0.810 bits per heavy atom. The van der Waals surface area contributed by atoms with E-state index < -0.39 is 0 Å². The summed E-state index contributed by atoms with van der Waals surface area (Å²) in [5.41, 5.74) is 0.465. The molecule has 0 aliphatic heterocycles. The number of aliphatic hydroxyl groups is 2. The number of fused-ring (bicyclic) bond motifs is 5. The fourth-order valence-corrected chi connectivity index (χ4v) is 7.21. The molecule has 0 aromatic rings. The quantitative estimate of drug-likeness (QED) is 0.714. The Hall–Kier alpha value is -0.0800. The van der Waals surface area contributed by atoms with Crippen LogP contribution in [-0.2, 0) is 0 Å². The van der Waals surface area contributed by atoms with Gasteiger partial charge in [-0.25, -0.2) is 0 Å². The molecule has 2 nitrogen and oxygen atoms in total. The lowest BCUT2D eigenvalue weighted by molar-refractivity contribution is -0.190. The zero-order valence-electron chi connectivity index (χ0n) is 13.7. The first-order valence-corrected chi connectivity index (χ1v) is 9.33. The molecular formula is C19H32O2. The maximum absolute atomic E-state index is 10.9. The van der Waals surface area contributed by atoms with E-state index in [1.54, 1.807) is 0 Å². The van der Waals surface area contributed by atoms with Crippen molar-refractivity contribution < 1.29 is 10.2 Å². The van der Waals surface area contributed by atoms with Crippen molar-refractivity contribution in [1.29, 1.82) is 0 Å². The Balaban J connectivity index is 1.72. The first-order chi connectivity index (χ1) is 9.97. The lowest BCUT2D eigenvalue weighted by atomic mass is 9.44. The van der Waals surface area contributed by atoms with Gasteiger partial charge in [0, 0.05) is 0 Å². The molecule has 0 aromatic heterocycles. The van der Waals surface area contributed by atoms with Crippen molar-refractivity contribution in [2.45, 2.75) is 83.8 Å². The van der Waals surface area contributed by atoms with Crippen LogP contribution in [0.2, 0.25) is 0 Å². The van der Waals surface area contributed by atoms with Gasteiger partial charge in [-0.3, -0.25) is 0 Å². The molecule has 0 bridgehead atoms. The molecule has 0 amide bonds. The monoisotopic (exact) mass is 292 g/mol. The summed E-state index contributed by atoms with van der Waals surface area (Å²) in [5.74, 6) is 2.26. The average Bonchev–Trinajstić information content (AvgIpc) is 2.84. The van der Waals surface area contributed by atoms with Crippen LogP contribution in [0.5, 0.6) is 0 Å². The second-order valence-electron chi connectivity index (χ2n) is 9.19. The van der Waals surface area contributed by atoms with Crippen molar-refractivity contribution in [2.24, 2.45) is 34.5 Å². The summed E-state index contributed by atoms with van der Waals surface area (Å²) in [6, 6.07) is 0. The first-order valence-electron chi connectivity index (χ1n) is 9.33. The van der Waals surface area contributed by atoms with Crippen LogP contribution in [0, 0.1) is 34.5 Å². The number of aliphatic hydroxyl groups excluding tert-OH is 2. The van der Waals surface area contributed by atoms with Gasteiger partial charge in [0.05, 0.1) is 12.2 Å². The van der Waals surface area contributed by atoms with Gasteiger partial charge in [0.15, 0.2) is 0 Å². The van der Waals surface area contributed by atoms with E-state index in [0.29, 0.717) is 29.1 Å². The van der Waals surface area contributed by atoms with Gasteiger partial charge < -0.3 is 10.2 Å². The van der Waals surface area contributed by atoms with Crippen LogP contribution in [0.4, 0.5) is 0 Å². The zero-order valence-corrected chi connectivity index (χ0v) is 13.7. The van der Waals surface area contributed by atoms with E-state index in [-0.39, 0.29) is 17.6 Å². The smallest absolute Gasteiger partial charge is 0.0599 e. The predicted octanol–water partition coefficient (Wildman–Crippen LogP) is 3.75. The highest BCUT2D eigenvalue weighted by Gasteiger charge is 2.62. The molecule has 0 radical (unpaired) electrons. The second-order valence-corrected chi connectivity index (χ2v) is 9.19. The van der Waals surface area contributed by atoms with E-state index in [1.165, 1.54) is 38.5 Å². The standard InChI is InChI=1S/C19H32O2/c1-18-8-4-3-6-12(18)10-15(20)17-13-7-5-9-19(13,2)16(21)11-14(17)18/h12-17,20-21H,3-11H2,1-2H3/t12-,13?,14?,15+,16-,17-,18-,19+/m0/s1. The molecule has 120 valence electrons. The number of rotatable bonds is 0. The second kappa shape index (κ2) is 4.71. The summed E-state index contributed by atoms with van der Waals surface area (Å²) in [5, 5.41) is 21.8. The highest BCUT2D eigenvalue weighted by atomic mass is 16.3. The minimum atomic E-state index is -0.143. The zero-order chi connectivity index (χ0) is 14.8. The Kier molecular flexibility index (Phi) is 3.25. The lowest BCUT2D eigenvalue weighted by Crippen LogP contribution is -2.60. The summed E-state index contributed by atoms with van der Waals surface area (Å²) < 4.78 is 0. The fourth-order valence-electron chi connectivity index (χ4n) is 7.21. The van der Waals surface area contributed by atoms with Crippen molar-refractivity contribution in [2.75, 3.05) is 0 Å². The Bertz CT molecular complexity index is 422. The van der Waals surface area contributed by atoms with E-state index >= 15 is 0 Å². The molecule has 2 N–H and O–H groups in total. The number of hydrogen-bond donors (Lipinski definition) is 2. The van der Waals surface area contributed by atoms with Crippen molar-refractivity contribution in [3.63, 3.8) is 0 Å². The molecule has 0 heterocycles. The van der Waals surface area contributed by atoms with E-state index in [1.807, 2.05) is 0 Å². The topological polar surface area (TPSA) is 40.5 Å². The van der Waals surface area contributed by atoms with Gasteiger partial charge in [-0.2, -0.15) is 0 Å². The minimum absolute atomic E-state index is 0.0833. The first kappa shape index (κ1) is 14.5. The van der Waals surface area contributed by atoms with Gasteiger partial charge in [-0.1, -0.05) is 33.1 Å². The van der Waals surface area contributed by atoms with Crippen LogP contribution in [0.3, 0.4) is 0 Å². The molecule has 0 saturated heterocycles. The van der Waals surface area contributed by atoms with Crippen LogP contribution < -0.4 is 0 Å². The lowest BCUT2D eigenvalue weighted by Gasteiger charge is -2.62. The van der Waals surface area contributed by atoms with Crippen molar-refractivity contribution in [3.8, 4) is 0 Å². The van der Waals surface area contributed by atoms with Crippen LogP contribution in [-0.4, -0.2) is 22.4 Å². The molecule has 4 rings (SSSR count). The van der Waals surface area contributed by atoms with Gasteiger partial charge >= 0.3 is 0 Å². The maximum atomic E-state index is 10.9. The molecule has 4 fully saturated rings. The predicted molar refractivity (Wildman–Crippen MR) is 83.7 cm³/mol. The van der Waals surface area contributed by atoms with Crippen molar-refractivity contribution >= 4 is 0 Å². The largest absolute Gasteiger partial charge is 0.393 e. The molecule has 8 atom stereocenters. The SMILES string of the molecule is C[C@]12CCCC[C@H]1C[C@@H](O)[C@@H]1C2C[C@H](O)[C@]2(C)CCCC12. The van der Waals surface area contributed by atoms with Gasteiger partial charge in [-0.05, 0) is 73.0 Å². The van der Waals surface area contributed by atoms with E-state index in [4.69, 9.17) is 0 Å². The average molecular weight is 292 g/mol. The van der Waals surface area contributed by atoms with Crippen LogP contribution in [0.25, 0.3) is 0 Å². The van der Waals surface area contributed by atoms with E-state index in [2.05, 4.69) is 13.8 Å². The fraction of sp³-hybridized carbons (Fsp3) is 1.00. The summed E-state index contributed by atoms with van der Waals surface area (Å²) in [4.78, 5) is 0.